The molecule has 0 aliphatic carbocycles. The molecule has 0 aliphatic heterocycles. The molecule has 19 rings (SSSR count). The van der Waals surface area contributed by atoms with Gasteiger partial charge in [-0.05, 0) is 172 Å². The fourth-order valence-electron chi connectivity index (χ4n) is 13.2. The SMILES string of the molecule is Cc1ccc2nc(-c3[c-]cccc3)n(-c3c(C)cccc3C)c2c1.Cc1ccc2nc(-c3[c-]cccc3)n(-c3ccccc3)c2c1.Cn1c(-c2[c-]cccc2)nc2ccccc21.[2H]C([2H])([2H])c1ccc2c(c1)nc(-c1[c-]cccc1)n2-c1ccccc1.[2H]C([2H])([2H])c1ccc2c(c1)nc(-c1[c-]cccc1)n2-c1ccccc1.[Ir].[Ir].[Ir].[Ir].[Ir]. The molecule has 0 amide bonds. The molecule has 0 unspecified atom stereocenters. The van der Waals surface area contributed by atoms with Gasteiger partial charge in [0.2, 0.25) is 0 Å². The van der Waals surface area contributed by atoms with Gasteiger partial charge in [-0.15, -0.1) is 179 Å². The molecule has 0 aliphatic rings. The number of benzene rings is 14. The van der Waals surface area contributed by atoms with E-state index in [1.807, 2.05) is 229 Å². The van der Waals surface area contributed by atoms with E-state index in [4.69, 9.17) is 28.2 Å². The molecule has 5 radical (unpaired) electrons. The Hall–Kier alpha value is -10.3. The van der Waals surface area contributed by atoms with Crippen molar-refractivity contribution in [1.82, 2.24) is 47.8 Å². The largest absolute Gasteiger partial charge is 0.367 e. The first-order valence-corrected chi connectivity index (χ1v) is 35.0. The van der Waals surface area contributed by atoms with Crippen LogP contribution in [0.1, 0.15) is 41.6 Å². The van der Waals surface area contributed by atoms with Crippen LogP contribution in [0, 0.1) is 71.7 Å². The molecule has 5 aromatic heterocycles. The molecule has 0 saturated heterocycles. The molecule has 0 spiro atoms. The van der Waals surface area contributed by atoms with Crippen LogP contribution in [0.2, 0.25) is 0 Å². The zero-order valence-electron chi connectivity index (χ0n) is 66.8. The van der Waals surface area contributed by atoms with E-state index < -0.39 is 13.7 Å². The van der Waals surface area contributed by atoms with Crippen LogP contribution < -0.4 is 0 Å². The van der Waals surface area contributed by atoms with Crippen LogP contribution in [0.3, 0.4) is 0 Å². The number of rotatable bonds is 9. The molecule has 10 nitrogen and oxygen atoms in total. The second-order valence-electron chi connectivity index (χ2n) is 25.6. The van der Waals surface area contributed by atoms with Crippen LogP contribution in [0.5, 0.6) is 0 Å². The predicted molar refractivity (Wildman–Crippen MR) is 435 cm³/mol. The summed E-state index contributed by atoms with van der Waals surface area (Å²) in [4.78, 5) is 23.8. The normalized spacial score (nSPS) is 11.5. The third kappa shape index (κ3) is 18.5. The van der Waals surface area contributed by atoms with Crippen LogP contribution in [0.25, 0.3) is 135 Å². The van der Waals surface area contributed by atoms with E-state index in [1.165, 1.54) is 27.9 Å². The minimum atomic E-state index is -2.15. The molecule has 0 saturated carbocycles. The molecule has 0 N–H and O–H groups in total. The van der Waals surface area contributed by atoms with Crippen LogP contribution in [0.15, 0.2) is 328 Å². The van der Waals surface area contributed by atoms with Crippen molar-refractivity contribution in [1.29, 1.82) is 0 Å². The minimum Gasteiger partial charge on any atom is -0.367 e. The van der Waals surface area contributed by atoms with Gasteiger partial charge in [-0.2, -0.15) is 0 Å². The molecule has 0 bridgehead atoms. The summed E-state index contributed by atoms with van der Waals surface area (Å²) >= 11 is 0. The topological polar surface area (TPSA) is 89.1 Å². The van der Waals surface area contributed by atoms with Gasteiger partial charge in [0.25, 0.3) is 0 Å². The molecular weight excluding hydrogens is 2250 g/mol. The monoisotopic (exact) mass is 2340 g/mol. The molecule has 15 heteroatoms. The fraction of sp³-hybridized carbons (Fsp3) is 0.0729. The van der Waals surface area contributed by atoms with Crippen molar-refractivity contribution in [3.63, 3.8) is 0 Å². The third-order valence-electron chi connectivity index (χ3n) is 18.2. The molecular formula is C96H75Ir5N10-5. The number of hydrogen-bond donors (Lipinski definition) is 0. The van der Waals surface area contributed by atoms with E-state index in [9.17, 15) is 0 Å². The molecule has 0 fully saturated rings. The summed E-state index contributed by atoms with van der Waals surface area (Å²) in [5.41, 5.74) is 24.1. The summed E-state index contributed by atoms with van der Waals surface area (Å²) in [6.07, 6.45) is 0. The van der Waals surface area contributed by atoms with Crippen molar-refractivity contribution in [2.24, 2.45) is 7.05 Å². The van der Waals surface area contributed by atoms with E-state index in [-0.39, 0.29) is 101 Å². The van der Waals surface area contributed by atoms with Crippen molar-refractivity contribution in [3.05, 3.63) is 391 Å². The van der Waals surface area contributed by atoms with Gasteiger partial charge in [0.1, 0.15) is 0 Å². The maximum absolute atomic E-state index is 7.63. The van der Waals surface area contributed by atoms with E-state index in [0.29, 0.717) is 22.2 Å². The Morgan fingerprint density at radius 3 is 0.928 bits per heavy atom. The standard InChI is InChI=1S/C22H19N2.3C20H15N2.C14H11N2.5Ir/c1-15-12-13-19-20(14-15)24(21-16(2)8-7-9-17(21)3)22(23-19)18-10-5-4-6-11-18;2*1-15-12-13-19-18(14-15)21-20(16-8-4-2-5-9-16)22(19)17-10-6-3-7-11-17;1-15-12-13-18-19(14-15)22(17-10-6-3-7-11-17)20(21-18)16-8-4-2-5-9-16;1-16-13-10-6-5-9-12(13)15-14(16)11-7-3-2-4-8-11;;;;;/h4-10,12-14H,1-3H3;3*2-8,10-14H,1H3;2-7,9-10H,1H3;;;;;/q5*-1;;;;;/i;2*1D3;;;;;;;. The van der Waals surface area contributed by atoms with Gasteiger partial charge >= 0.3 is 0 Å². The van der Waals surface area contributed by atoms with Crippen LogP contribution in [-0.4, -0.2) is 47.8 Å². The van der Waals surface area contributed by atoms with Gasteiger partial charge < -0.3 is 22.8 Å². The van der Waals surface area contributed by atoms with E-state index >= 15 is 0 Å². The average molecular weight is 2340 g/mol. The number of fused-ring (bicyclic) bond motifs is 5. The first-order chi connectivity index (χ1) is 54.4. The maximum Gasteiger partial charge on any atom is 0.0777 e. The molecule has 19 aromatic rings. The van der Waals surface area contributed by atoms with Crippen molar-refractivity contribution >= 4 is 55.2 Å². The maximum atomic E-state index is 7.63. The number of para-hydroxylation sites is 6. The summed E-state index contributed by atoms with van der Waals surface area (Å²) in [5, 5.41) is 0. The van der Waals surface area contributed by atoms with Crippen molar-refractivity contribution in [2.45, 2.75) is 41.4 Å². The zero-order chi connectivity index (χ0) is 77.5. The fourth-order valence-corrected chi connectivity index (χ4v) is 13.2. The van der Waals surface area contributed by atoms with E-state index in [2.05, 4.69) is 168 Å². The molecule has 559 valence electrons. The van der Waals surface area contributed by atoms with Crippen molar-refractivity contribution in [2.75, 3.05) is 0 Å². The summed E-state index contributed by atoms with van der Waals surface area (Å²) in [6, 6.07) is 123. The number of hydrogen-bond acceptors (Lipinski definition) is 5. The third-order valence-corrected chi connectivity index (χ3v) is 18.2. The Kier molecular flexibility index (Phi) is 26.0. The number of imidazole rings is 5. The minimum absolute atomic E-state index is 0. The van der Waals surface area contributed by atoms with Gasteiger partial charge in [0, 0.05) is 139 Å². The second-order valence-corrected chi connectivity index (χ2v) is 25.6. The van der Waals surface area contributed by atoms with Gasteiger partial charge in [-0.3, -0.25) is 24.9 Å². The Bertz CT molecular complexity index is 6270. The Labute approximate surface area is 724 Å². The Balaban J connectivity index is 0.000000154. The predicted octanol–water partition coefficient (Wildman–Crippen LogP) is 22.8. The van der Waals surface area contributed by atoms with Crippen molar-refractivity contribution < 1.29 is 109 Å². The number of nitrogens with zero attached hydrogens (tertiary/aromatic N) is 10. The molecule has 111 heavy (non-hydrogen) atoms. The molecule has 0 atom stereocenters. The summed E-state index contributed by atoms with van der Waals surface area (Å²) < 4.78 is 56.4. The van der Waals surface area contributed by atoms with Gasteiger partial charge in [0.15, 0.2) is 0 Å². The first-order valence-electron chi connectivity index (χ1n) is 38.0. The number of aryl methyl sites for hydroxylation is 7. The van der Waals surface area contributed by atoms with Gasteiger partial charge in [0.05, 0.1) is 84.3 Å². The number of aromatic nitrogens is 10. The average Bonchev–Trinajstić information content (AvgIpc) is 1.64. The van der Waals surface area contributed by atoms with Crippen LogP contribution >= 0.6 is 0 Å². The smallest absolute Gasteiger partial charge is 0.0777 e. The quantitative estimate of drug-likeness (QED) is 0.134. The summed E-state index contributed by atoms with van der Waals surface area (Å²) in [7, 11) is 2.03. The van der Waals surface area contributed by atoms with Gasteiger partial charge in [-0.1, -0.05) is 109 Å². The Morgan fingerprint density at radius 1 is 0.252 bits per heavy atom. The molecule has 14 aromatic carbocycles. The molecule has 5 heterocycles. The second kappa shape index (κ2) is 38.5. The van der Waals surface area contributed by atoms with Crippen LogP contribution in [-0.2, 0) is 108 Å². The summed E-state index contributed by atoms with van der Waals surface area (Å²) in [5.74, 6) is 4.30. The van der Waals surface area contributed by atoms with E-state index in [0.717, 1.165) is 118 Å². The van der Waals surface area contributed by atoms with Crippen LogP contribution in [0.4, 0.5) is 0 Å². The first kappa shape index (κ1) is 74.8. The Morgan fingerprint density at radius 2 is 0.559 bits per heavy atom. The summed E-state index contributed by atoms with van der Waals surface area (Å²) in [6.45, 7) is 4.24. The zero-order valence-corrected chi connectivity index (χ0v) is 72.8. The van der Waals surface area contributed by atoms with Gasteiger partial charge in [-0.25, -0.2) is 0 Å². The van der Waals surface area contributed by atoms with E-state index in [1.54, 1.807) is 24.3 Å². The van der Waals surface area contributed by atoms with Crippen molar-refractivity contribution in [3.8, 4) is 79.7 Å².